The number of rotatable bonds is 4. The van der Waals surface area contributed by atoms with Crippen LogP contribution in [0.15, 0.2) is 42.5 Å². The van der Waals surface area contributed by atoms with Crippen LogP contribution < -0.4 is 4.74 Å². The van der Waals surface area contributed by atoms with Crippen LogP contribution in [0.5, 0.6) is 5.75 Å². The van der Waals surface area contributed by atoms with Crippen LogP contribution >= 0.6 is 34.2 Å². The average Bonchev–Trinajstić information content (AvgIpc) is 2.36. The molecule has 0 unspecified atom stereocenters. The summed E-state index contributed by atoms with van der Waals surface area (Å²) in [5, 5.41) is 0.697. The molecule has 0 bridgehead atoms. The fraction of sp³-hybridized carbons (Fsp3) is 0.133. The van der Waals surface area contributed by atoms with Gasteiger partial charge in [-0.1, -0.05) is 23.7 Å². The van der Waals surface area contributed by atoms with Gasteiger partial charge in [-0.15, -0.1) is 0 Å². The molecular weight excluding hydrogens is 375 g/mol. The number of carbonyl (C=O) groups is 1. The topological polar surface area (TPSA) is 26.3 Å². The average molecular weight is 387 g/mol. The fourth-order valence-corrected chi connectivity index (χ4v) is 2.74. The van der Waals surface area contributed by atoms with E-state index < -0.39 is 0 Å². The first kappa shape index (κ1) is 14.3. The fourth-order valence-electron chi connectivity index (χ4n) is 1.66. The Morgan fingerprint density at radius 3 is 2.68 bits per heavy atom. The number of carbonyl (C=O) groups excluding carboxylic acids is 1. The molecule has 0 aromatic heterocycles. The number of ketones is 1. The molecule has 0 spiro atoms. The summed E-state index contributed by atoms with van der Waals surface area (Å²) in [5.41, 5.74) is 1.73. The third-order valence-corrected chi connectivity index (χ3v) is 3.74. The SMILES string of the molecule is CC(=O)c1ccc(OCc2cccc(Cl)c2)cc1I. The van der Waals surface area contributed by atoms with Gasteiger partial charge < -0.3 is 4.74 Å². The zero-order chi connectivity index (χ0) is 13.8. The summed E-state index contributed by atoms with van der Waals surface area (Å²) in [6.07, 6.45) is 0. The van der Waals surface area contributed by atoms with Gasteiger partial charge in [-0.3, -0.25) is 4.79 Å². The van der Waals surface area contributed by atoms with Crippen LogP contribution in [0.1, 0.15) is 22.8 Å². The summed E-state index contributed by atoms with van der Waals surface area (Å²) in [7, 11) is 0. The Labute approximate surface area is 130 Å². The van der Waals surface area contributed by atoms with Gasteiger partial charge in [0.25, 0.3) is 0 Å². The molecule has 0 aliphatic carbocycles. The van der Waals surface area contributed by atoms with E-state index in [-0.39, 0.29) is 5.78 Å². The zero-order valence-electron chi connectivity index (χ0n) is 10.3. The molecule has 0 heterocycles. The predicted octanol–water partition coefficient (Wildman–Crippen LogP) is 4.73. The molecule has 19 heavy (non-hydrogen) atoms. The highest BCUT2D eigenvalue weighted by molar-refractivity contribution is 14.1. The third-order valence-electron chi connectivity index (χ3n) is 2.61. The maximum absolute atomic E-state index is 11.3. The van der Waals surface area contributed by atoms with E-state index >= 15 is 0 Å². The Morgan fingerprint density at radius 2 is 2.05 bits per heavy atom. The van der Waals surface area contributed by atoms with E-state index in [1.807, 2.05) is 36.4 Å². The van der Waals surface area contributed by atoms with E-state index in [9.17, 15) is 4.79 Å². The van der Waals surface area contributed by atoms with Crippen LogP contribution in [-0.4, -0.2) is 5.78 Å². The highest BCUT2D eigenvalue weighted by Gasteiger charge is 2.06. The van der Waals surface area contributed by atoms with Crippen molar-refractivity contribution in [3.8, 4) is 5.75 Å². The van der Waals surface area contributed by atoms with Gasteiger partial charge in [0.1, 0.15) is 12.4 Å². The van der Waals surface area contributed by atoms with Gasteiger partial charge in [-0.2, -0.15) is 0 Å². The molecule has 0 saturated heterocycles. The molecule has 2 aromatic rings. The lowest BCUT2D eigenvalue weighted by Crippen LogP contribution is -1.99. The van der Waals surface area contributed by atoms with E-state index in [1.165, 1.54) is 0 Å². The second-order valence-electron chi connectivity index (χ2n) is 4.12. The largest absolute Gasteiger partial charge is 0.489 e. The van der Waals surface area contributed by atoms with Gasteiger partial charge in [-0.25, -0.2) is 0 Å². The minimum Gasteiger partial charge on any atom is -0.489 e. The molecule has 2 aromatic carbocycles. The number of benzene rings is 2. The maximum atomic E-state index is 11.3. The summed E-state index contributed by atoms with van der Waals surface area (Å²) >= 11 is 8.05. The quantitative estimate of drug-likeness (QED) is 0.561. The molecule has 98 valence electrons. The predicted molar refractivity (Wildman–Crippen MR) is 84.9 cm³/mol. The van der Waals surface area contributed by atoms with Crippen LogP contribution in [0, 0.1) is 3.57 Å². The molecule has 0 fully saturated rings. The lowest BCUT2D eigenvalue weighted by atomic mass is 10.1. The van der Waals surface area contributed by atoms with Crippen molar-refractivity contribution < 1.29 is 9.53 Å². The molecule has 4 heteroatoms. The zero-order valence-corrected chi connectivity index (χ0v) is 13.2. The number of Topliss-reactive ketones (excluding diaryl/α,β-unsaturated/α-hetero) is 1. The Morgan fingerprint density at radius 1 is 1.26 bits per heavy atom. The van der Waals surface area contributed by atoms with Crippen molar-refractivity contribution in [3.63, 3.8) is 0 Å². The van der Waals surface area contributed by atoms with Crippen LogP contribution in [0.3, 0.4) is 0 Å². The van der Waals surface area contributed by atoms with Crippen LogP contribution in [0.4, 0.5) is 0 Å². The van der Waals surface area contributed by atoms with E-state index in [4.69, 9.17) is 16.3 Å². The van der Waals surface area contributed by atoms with E-state index in [0.717, 1.165) is 20.4 Å². The van der Waals surface area contributed by atoms with Crippen LogP contribution in [-0.2, 0) is 6.61 Å². The highest BCUT2D eigenvalue weighted by atomic mass is 127. The van der Waals surface area contributed by atoms with Crippen molar-refractivity contribution in [2.45, 2.75) is 13.5 Å². The summed E-state index contributed by atoms with van der Waals surface area (Å²) < 4.78 is 6.58. The lowest BCUT2D eigenvalue weighted by molar-refractivity contribution is 0.101. The first-order valence-electron chi connectivity index (χ1n) is 5.74. The second-order valence-corrected chi connectivity index (χ2v) is 5.72. The first-order chi connectivity index (χ1) is 9.06. The van der Waals surface area contributed by atoms with Crippen molar-refractivity contribution in [2.75, 3.05) is 0 Å². The lowest BCUT2D eigenvalue weighted by Gasteiger charge is -2.08. The number of halogens is 2. The molecular formula is C15H12ClIO2. The third kappa shape index (κ3) is 3.94. The molecule has 0 saturated carbocycles. The van der Waals surface area contributed by atoms with Gasteiger partial charge in [0.05, 0.1) is 0 Å². The van der Waals surface area contributed by atoms with Gasteiger partial charge in [0.2, 0.25) is 0 Å². The van der Waals surface area contributed by atoms with Crippen molar-refractivity contribution in [3.05, 3.63) is 62.2 Å². The Kier molecular flexibility index (Phi) is 4.82. The summed E-state index contributed by atoms with van der Waals surface area (Å²) in [6.45, 7) is 2.01. The van der Waals surface area contributed by atoms with E-state index in [2.05, 4.69) is 22.6 Å². The molecule has 0 aliphatic rings. The minimum atomic E-state index is 0.0609. The van der Waals surface area contributed by atoms with Gasteiger partial charge >= 0.3 is 0 Å². The van der Waals surface area contributed by atoms with Crippen LogP contribution in [0.2, 0.25) is 5.02 Å². The second kappa shape index (κ2) is 6.39. The van der Waals surface area contributed by atoms with E-state index in [0.29, 0.717) is 11.6 Å². The standard InChI is InChI=1S/C15H12ClIO2/c1-10(18)14-6-5-13(8-15(14)17)19-9-11-3-2-4-12(16)7-11/h2-8H,9H2,1H3. The monoisotopic (exact) mass is 386 g/mol. The molecule has 0 aliphatic heterocycles. The summed E-state index contributed by atoms with van der Waals surface area (Å²) in [6, 6.07) is 13.0. The molecule has 2 nitrogen and oxygen atoms in total. The minimum absolute atomic E-state index is 0.0609. The van der Waals surface area contributed by atoms with Gasteiger partial charge in [0, 0.05) is 14.2 Å². The molecule has 0 atom stereocenters. The molecule has 2 rings (SSSR count). The Balaban J connectivity index is 2.08. The smallest absolute Gasteiger partial charge is 0.160 e. The number of ether oxygens (including phenoxy) is 1. The molecule has 0 radical (unpaired) electrons. The number of hydrogen-bond acceptors (Lipinski definition) is 2. The summed E-state index contributed by atoms with van der Waals surface area (Å²) in [4.78, 5) is 11.3. The van der Waals surface area contributed by atoms with Crippen molar-refractivity contribution in [1.29, 1.82) is 0 Å². The highest BCUT2D eigenvalue weighted by Crippen LogP contribution is 2.21. The van der Waals surface area contributed by atoms with Crippen molar-refractivity contribution in [2.24, 2.45) is 0 Å². The van der Waals surface area contributed by atoms with Crippen molar-refractivity contribution >= 4 is 40.0 Å². The van der Waals surface area contributed by atoms with E-state index in [1.54, 1.807) is 13.0 Å². The normalized spacial score (nSPS) is 10.3. The first-order valence-corrected chi connectivity index (χ1v) is 7.19. The maximum Gasteiger partial charge on any atom is 0.160 e. The van der Waals surface area contributed by atoms with Gasteiger partial charge in [-0.05, 0) is 65.4 Å². The molecule has 0 amide bonds. The summed E-state index contributed by atoms with van der Waals surface area (Å²) in [5.74, 6) is 0.806. The van der Waals surface area contributed by atoms with Gasteiger partial charge in [0.15, 0.2) is 5.78 Å². The van der Waals surface area contributed by atoms with Crippen molar-refractivity contribution in [1.82, 2.24) is 0 Å². The Bertz CT molecular complexity index is 611. The Hall–Kier alpha value is -1.07. The molecule has 0 N–H and O–H groups in total. The van der Waals surface area contributed by atoms with Crippen LogP contribution in [0.25, 0.3) is 0 Å². The number of hydrogen-bond donors (Lipinski definition) is 0.